The molecule has 0 aromatic heterocycles. The summed E-state index contributed by atoms with van der Waals surface area (Å²) >= 11 is 0. The van der Waals surface area contributed by atoms with E-state index in [1.165, 1.54) is 11.1 Å². The predicted molar refractivity (Wildman–Crippen MR) is 83.0 cm³/mol. The van der Waals surface area contributed by atoms with Crippen molar-refractivity contribution in [1.29, 1.82) is 0 Å². The molecule has 0 aliphatic carbocycles. The fraction of sp³-hybridized carbons (Fsp3) is 0.222. The van der Waals surface area contributed by atoms with Gasteiger partial charge in [0.2, 0.25) is 0 Å². The van der Waals surface area contributed by atoms with Crippen LogP contribution >= 0.6 is 0 Å². The molecule has 104 valence electrons. The van der Waals surface area contributed by atoms with Crippen LogP contribution in [0, 0.1) is 0 Å². The van der Waals surface area contributed by atoms with Crippen molar-refractivity contribution in [1.82, 2.24) is 5.06 Å². The van der Waals surface area contributed by atoms with Gasteiger partial charge in [0.05, 0.1) is 13.2 Å². The van der Waals surface area contributed by atoms with E-state index in [0.717, 1.165) is 13.0 Å². The standard InChI is InChI=1S/C18H21NO/c1-3-10-18(17-13-8-5-9-14-17)19(20-2)15-16-11-6-4-7-12-16/h3-9,11-14,18H,1,10,15H2,2H3. The zero-order valence-electron chi connectivity index (χ0n) is 11.9. The molecule has 0 radical (unpaired) electrons. The third-order valence-electron chi connectivity index (χ3n) is 3.34. The summed E-state index contributed by atoms with van der Waals surface area (Å²) in [5.74, 6) is 0. The van der Waals surface area contributed by atoms with E-state index in [1.54, 1.807) is 7.11 Å². The molecule has 2 aromatic carbocycles. The normalized spacial score (nSPS) is 12.3. The van der Waals surface area contributed by atoms with Gasteiger partial charge in [-0.25, -0.2) is 0 Å². The summed E-state index contributed by atoms with van der Waals surface area (Å²) < 4.78 is 0. The second-order valence-electron chi connectivity index (χ2n) is 4.69. The van der Waals surface area contributed by atoms with Crippen molar-refractivity contribution in [3.63, 3.8) is 0 Å². The number of rotatable bonds is 7. The van der Waals surface area contributed by atoms with E-state index in [0.29, 0.717) is 0 Å². The van der Waals surface area contributed by atoms with E-state index in [4.69, 9.17) is 4.84 Å². The first kappa shape index (κ1) is 14.5. The molecule has 2 heteroatoms. The molecular formula is C18H21NO. The molecule has 0 heterocycles. The molecule has 0 aliphatic heterocycles. The Morgan fingerprint density at radius 2 is 1.65 bits per heavy atom. The average Bonchev–Trinajstić information content (AvgIpc) is 2.52. The van der Waals surface area contributed by atoms with Crippen LogP contribution in [0.15, 0.2) is 73.3 Å². The minimum absolute atomic E-state index is 0.180. The first-order valence-corrected chi connectivity index (χ1v) is 6.85. The predicted octanol–water partition coefficient (Wildman–Crippen LogP) is 4.37. The van der Waals surface area contributed by atoms with Crippen molar-refractivity contribution >= 4 is 0 Å². The van der Waals surface area contributed by atoms with E-state index in [1.807, 2.05) is 35.4 Å². The lowest BCUT2D eigenvalue weighted by atomic mass is 10.0. The summed E-state index contributed by atoms with van der Waals surface area (Å²) in [6, 6.07) is 20.9. The second kappa shape index (κ2) is 7.63. The number of benzene rings is 2. The Morgan fingerprint density at radius 1 is 1.05 bits per heavy atom. The van der Waals surface area contributed by atoms with E-state index in [9.17, 15) is 0 Å². The number of hydroxylamine groups is 2. The van der Waals surface area contributed by atoms with Crippen LogP contribution in [0.1, 0.15) is 23.6 Å². The quantitative estimate of drug-likeness (QED) is 0.545. The van der Waals surface area contributed by atoms with Gasteiger partial charge in [-0.2, -0.15) is 5.06 Å². The zero-order chi connectivity index (χ0) is 14.2. The monoisotopic (exact) mass is 267 g/mol. The molecule has 1 atom stereocenters. The van der Waals surface area contributed by atoms with Crippen LogP contribution < -0.4 is 0 Å². The van der Waals surface area contributed by atoms with Crippen molar-refractivity contribution < 1.29 is 4.84 Å². The van der Waals surface area contributed by atoms with Crippen LogP contribution in [0.3, 0.4) is 0 Å². The third kappa shape index (κ3) is 3.80. The molecule has 0 aliphatic rings. The summed E-state index contributed by atoms with van der Waals surface area (Å²) in [6.07, 6.45) is 2.79. The summed E-state index contributed by atoms with van der Waals surface area (Å²) in [6.45, 7) is 4.62. The molecule has 0 amide bonds. The Kier molecular flexibility index (Phi) is 5.54. The molecule has 0 saturated carbocycles. The molecule has 0 spiro atoms. The first-order chi connectivity index (χ1) is 9.85. The van der Waals surface area contributed by atoms with E-state index in [2.05, 4.69) is 43.0 Å². The Labute approximate surface area is 121 Å². The molecule has 20 heavy (non-hydrogen) atoms. The number of nitrogens with zero attached hydrogens (tertiary/aromatic N) is 1. The summed E-state index contributed by atoms with van der Waals surface area (Å²) in [7, 11) is 1.72. The minimum atomic E-state index is 0.180. The minimum Gasteiger partial charge on any atom is -0.301 e. The van der Waals surface area contributed by atoms with Crippen molar-refractivity contribution in [3.8, 4) is 0 Å². The second-order valence-corrected chi connectivity index (χ2v) is 4.69. The molecule has 1 unspecified atom stereocenters. The molecule has 2 aromatic rings. The van der Waals surface area contributed by atoms with Crippen LogP contribution in [-0.4, -0.2) is 12.2 Å². The largest absolute Gasteiger partial charge is 0.301 e. The lowest BCUT2D eigenvalue weighted by Crippen LogP contribution is -2.27. The van der Waals surface area contributed by atoms with E-state index in [-0.39, 0.29) is 6.04 Å². The van der Waals surface area contributed by atoms with Gasteiger partial charge in [0.25, 0.3) is 0 Å². The summed E-state index contributed by atoms with van der Waals surface area (Å²) in [4.78, 5) is 5.61. The number of hydrogen-bond donors (Lipinski definition) is 0. The highest BCUT2D eigenvalue weighted by Gasteiger charge is 2.19. The van der Waals surface area contributed by atoms with Crippen molar-refractivity contribution in [2.75, 3.05) is 7.11 Å². The molecule has 2 rings (SSSR count). The van der Waals surface area contributed by atoms with Gasteiger partial charge >= 0.3 is 0 Å². The van der Waals surface area contributed by atoms with Gasteiger partial charge in [-0.05, 0) is 17.5 Å². The topological polar surface area (TPSA) is 12.5 Å². The van der Waals surface area contributed by atoms with Crippen LogP contribution in [0.5, 0.6) is 0 Å². The maximum absolute atomic E-state index is 5.61. The molecule has 2 nitrogen and oxygen atoms in total. The Bertz CT molecular complexity index is 509. The maximum Gasteiger partial charge on any atom is 0.0640 e. The van der Waals surface area contributed by atoms with Crippen molar-refractivity contribution in [2.24, 2.45) is 0 Å². The Morgan fingerprint density at radius 3 is 2.20 bits per heavy atom. The maximum atomic E-state index is 5.61. The smallest absolute Gasteiger partial charge is 0.0640 e. The first-order valence-electron chi connectivity index (χ1n) is 6.85. The van der Waals surface area contributed by atoms with Crippen LogP contribution in [0.2, 0.25) is 0 Å². The molecule has 0 bridgehead atoms. The van der Waals surface area contributed by atoms with Gasteiger partial charge in [-0.1, -0.05) is 66.7 Å². The molecule has 0 fully saturated rings. The third-order valence-corrected chi connectivity index (χ3v) is 3.34. The van der Waals surface area contributed by atoms with Gasteiger partial charge in [-0.3, -0.25) is 0 Å². The van der Waals surface area contributed by atoms with Crippen molar-refractivity contribution in [3.05, 3.63) is 84.4 Å². The van der Waals surface area contributed by atoms with Crippen LogP contribution in [-0.2, 0) is 11.4 Å². The highest BCUT2D eigenvalue weighted by Crippen LogP contribution is 2.26. The van der Waals surface area contributed by atoms with Gasteiger partial charge in [0.15, 0.2) is 0 Å². The van der Waals surface area contributed by atoms with E-state index >= 15 is 0 Å². The molecular weight excluding hydrogens is 246 g/mol. The van der Waals surface area contributed by atoms with Crippen LogP contribution in [0.4, 0.5) is 0 Å². The Balaban J connectivity index is 2.19. The van der Waals surface area contributed by atoms with E-state index < -0.39 is 0 Å². The zero-order valence-corrected chi connectivity index (χ0v) is 11.9. The fourth-order valence-electron chi connectivity index (χ4n) is 2.32. The van der Waals surface area contributed by atoms with Gasteiger partial charge in [0.1, 0.15) is 0 Å². The average molecular weight is 267 g/mol. The summed E-state index contributed by atoms with van der Waals surface area (Å²) in [5.41, 5.74) is 2.48. The lowest BCUT2D eigenvalue weighted by Gasteiger charge is -2.29. The van der Waals surface area contributed by atoms with Gasteiger partial charge < -0.3 is 4.84 Å². The van der Waals surface area contributed by atoms with Gasteiger partial charge in [-0.15, -0.1) is 6.58 Å². The highest BCUT2D eigenvalue weighted by molar-refractivity contribution is 5.20. The molecule has 0 N–H and O–H groups in total. The van der Waals surface area contributed by atoms with Crippen molar-refractivity contribution in [2.45, 2.75) is 19.0 Å². The SMILES string of the molecule is C=CCC(c1ccccc1)N(Cc1ccccc1)OC. The highest BCUT2D eigenvalue weighted by atomic mass is 16.7. The van der Waals surface area contributed by atoms with Gasteiger partial charge in [0, 0.05) is 6.54 Å². The molecule has 0 saturated heterocycles. The fourth-order valence-corrected chi connectivity index (χ4v) is 2.32. The number of hydrogen-bond acceptors (Lipinski definition) is 2. The summed E-state index contributed by atoms with van der Waals surface area (Å²) in [5, 5.41) is 2.01. The lowest BCUT2D eigenvalue weighted by molar-refractivity contribution is -0.171. The Hall–Kier alpha value is -1.90. The van der Waals surface area contributed by atoms with Crippen LogP contribution in [0.25, 0.3) is 0 Å².